The van der Waals surface area contributed by atoms with Crippen molar-refractivity contribution in [3.8, 4) is 5.75 Å². The highest BCUT2D eigenvalue weighted by Crippen LogP contribution is 2.24. The Morgan fingerprint density at radius 3 is 2.16 bits per heavy atom. The summed E-state index contributed by atoms with van der Waals surface area (Å²) in [6.07, 6.45) is 0. The van der Waals surface area contributed by atoms with Crippen LogP contribution in [0.1, 0.15) is 38.8 Å². The fraction of sp³-hybridized carbons (Fsp3) is 0.429. The molecule has 2 aromatic carbocycles. The number of nitrogens with zero attached hydrogens (tertiary/aromatic N) is 1. The van der Waals surface area contributed by atoms with Crippen molar-refractivity contribution in [3.63, 3.8) is 0 Å². The number of phenols is 1. The van der Waals surface area contributed by atoms with E-state index in [0.717, 1.165) is 23.7 Å². The van der Waals surface area contributed by atoms with Gasteiger partial charge < -0.3 is 15.7 Å². The second-order valence-electron chi connectivity index (χ2n) is 5.44. The van der Waals surface area contributed by atoms with E-state index in [-0.39, 0.29) is 0 Å². The van der Waals surface area contributed by atoms with Crippen molar-refractivity contribution >= 4 is 23.1 Å². The molecule has 0 aliphatic carbocycles. The maximum atomic E-state index is 9.26. The van der Waals surface area contributed by atoms with Crippen LogP contribution in [-0.4, -0.2) is 24.5 Å². The minimum Gasteiger partial charge on any atom is -0.508 e. The summed E-state index contributed by atoms with van der Waals surface area (Å²) >= 11 is 1.86. The summed E-state index contributed by atoms with van der Waals surface area (Å²) in [5.41, 5.74) is 10.0. The summed E-state index contributed by atoms with van der Waals surface area (Å²) in [5, 5.41) is 9.26. The van der Waals surface area contributed by atoms with E-state index in [1.165, 1.54) is 16.0 Å². The molecular weight excluding hydrogens is 328 g/mol. The number of phenolic OH excluding ortho intramolecular Hbond substituents is 1. The molecule has 3 nitrogen and oxygen atoms in total. The lowest BCUT2D eigenvalue weighted by Crippen LogP contribution is -2.16. The zero-order valence-corrected chi connectivity index (χ0v) is 17.6. The first kappa shape index (κ1) is 23.2. The first-order valence-electron chi connectivity index (χ1n) is 8.88. The van der Waals surface area contributed by atoms with E-state index in [2.05, 4.69) is 31.7 Å². The SMILES string of the molecule is CC.CCN(C)c1cc(O)ccc1C.CCSc1ccc(N)cc1C. The summed E-state index contributed by atoms with van der Waals surface area (Å²) in [7, 11) is 2.02. The fourth-order valence-electron chi connectivity index (χ4n) is 2.17. The molecule has 2 rings (SSSR count). The van der Waals surface area contributed by atoms with Crippen LogP contribution in [-0.2, 0) is 0 Å². The summed E-state index contributed by atoms with van der Waals surface area (Å²) in [5.74, 6) is 1.45. The fourth-order valence-corrected chi connectivity index (χ4v) is 2.93. The average molecular weight is 363 g/mol. The minimum absolute atomic E-state index is 0.330. The van der Waals surface area contributed by atoms with E-state index < -0.39 is 0 Å². The van der Waals surface area contributed by atoms with Crippen molar-refractivity contribution in [2.45, 2.75) is 46.4 Å². The monoisotopic (exact) mass is 362 g/mol. The number of anilines is 2. The van der Waals surface area contributed by atoms with Gasteiger partial charge >= 0.3 is 0 Å². The average Bonchev–Trinajstić information content (AvgIpc) is 2.61. The third-order valence-electron chi connectivity index (χ3n) is 3.58. The van der Waals surface area contributed by atoms with Crippen LogP contribution in [0.15, 0.2) is 41.3 Å². The van der Waals surface area contributed by atoms with Crippen LogP contribution in [0.2, 0.25) is 0 Å². The Morgan fingerprint density at radius 2 is 1.64 bits per heavy atom. The molecule has 0 heterocycles. The Morgan fingerprint density at radius 1 is 1.00 bits per heavy atom. The first-order chi connectivity index (χ1) is 11.9. The maximum absolute atomic E-state index is 9.26. The van der Waals surface area contributed by atoms with E-state index in [1.807, 2.05) is 57.8 Å². The Hall–Kier alpha value is -1.81. The van der Waals surface area contributed by atoms with Crippen LogP contribution in [0.25, 0.3) is 0 Å². The summed E-state index contributed by atoms with van der Waals surface area (Å²) in [6, 6.07) is 11.5. The molecule has 0 unspecified atom stereocenters. The Labute approximate surface area is 158 Å². The van der Waals surface area contributed by atoms with Gasteiger partial charge in [-0.1, -0.05) is 26.8 Å². The number of aromatic hydroxyl groups is 1. The molecule has 0 atom stereocenters. The molecule has 0 radical (unpaired) electrons. The van der Waals surface area contributed by atoms with Crippen molar-refractivity contribution in [2.75, 3.05) is 30.0 Å². The highest BCUT2D eigenvalue weighted by molar-refractivity contribution is 7.99. The molecule has 0 saturated heterocycles. The van der Waals surface area contributed by atoms with Crippen LogP contribution >= 0.6 is 11.8 Å². The molecule has 3 N–H and O–H groups in total. The van der Waals surface area contributed by atoms with Crippen molar-refractivity contribution in [1.29, 1.82) is 0 Å². The highest BCUT2D eigenvalue weighted by Gasteiger charge is 2.02. The number of nitrogens with two attached hydrogens (primary N) is 1. The number of hydrogen-bond acceptors (Lipinski definition) is 4. The Kier molecular flexibility index (Phi) is 11.6. The molecule has 0 spiro atoms. The number of thioether (sulfide) groups is 1. The normalized spacial score (nSPS) is 9.40. The second-order valence-corrected chi connectivity index (χ2v) is 6.75. The molecule has 25 heavy (non-hydrogen) atoms. The molecule has 0 fully saturated rings. The summed E-state index contributed by atoms with van der Waals surface area (Å²) < 4.78 is 0. The first-order valence-corrected chi connectivity index (χ1v) is 9.87. The third-order valence-corrected chi connectivity index (χ3v) is 4.63. The van der Waals surface area contributed by atoms with E-state index in [4.69, 9.17) is 5.73 Å². The molecule has 0 aliphatic heterocycles. The molecular formula is C21H34N2OS. The molecule has 0 bridgehead atoms. The van der Waals surface area contributed by atoms with E-state index in [0.29, 0.717) is 5.75 Å². The summed E-state index contributed by atoms with van der Waals surface area (Å²) in [6.45, 7) is 13.3. The lowest BCUT2D eigenvalue weighted by molar-refractivity contribution is 0.475. The molecule has 4 heteroatoms. The van der Waals surface area contributed by atoms with Gasteiger partial charge in [-0.2, -0.15) is 0 Å². The molecule has 0 amide bonds. The van der Waals surface area contributed by atoms with Gasteiger partial charge in [-0.3, -0.25) is 0 Å². The molecule has 140 valence electrons. The largest absolute Gasteiger partial charge is 0.508 e. The van der Waals surface area contributed by atoms with Gasteiger partial charge in [0.15, 0.2) is 0 Å². The van der Waals surface area contributed by atoms with E-state index in [9.17, 15) is 5.11 Å². The second kappa shape index (κ2) is 12.5. The van der Waals surface area contributed by atoms with E-state index >= 15 is 0 Å². The van der Waals surface area contributed by atoms with Gasteiger partial charge in [0.2, 0.25) is 0 Å². The lowest BCUT2D eigenvalue weighted by atomic mass is 10.2. The third kappa shape index (κ3) is 8.21. The van der Waals surface area contributed by atoms with Crippen molar-refractivity contribution < 1.29 is 5.11 Å². The minimum atomic E-state index is 0.330. The zero-order chi connectivity index (χ0) is 19.4. The highest BCUT2D eigenvalue weighted by atomic mass is 32.2. The van der Waals surface area contributed by atoms with Gasteiger partial charge in [0.1, 0.15) is 5.75 Å². The predicted octanol–water partition coefficient (Wildman–Crippen LogP) is 5.87. The van der Waals surface area contributed by atoms with Gasteiger partial charge in [-0.05, 0) is 61.9 Å². The van der Waals surface area contributed by atoms with Gasteiger partial charge in [0.05, 0.1) is 0 Å². The van der Waals surface area contributed by atoms with Gasteiger partial charge in [-0.25, -0.2) is 0 Å². The van der Waals surface area contributed by atoms with Gasteiger partial charge in [-0.15, -0.1) is 11.8 Å². The zero-order valence-electron chi connectivity index (χ0n) is 16.8. The molecule has 0 saturated carbocycles. The predicted molar refractivity (Wildman–Crippen MR) is 115 cm³/mol. The molecule has 0 aliphatic rings. The maximum Gasteiger partial charge on any atom is 0.117 e. The van der Waals surface area contributed by atoms with Crippen LogP contribution in [0, 0.1) is 13.8 Å². The number of hydrogen-bond donors (Lipinski definition) is 2. The van der Waals surface area contributed by atoms with E-state index in [1.54, 1.807) is 12.1 Å². The van der Waals surface area contributed by atoms with Crippen LogP contribution in [0.4, 0.5) is 11.4 Å². The number of aryl methyl sites for hydroxylation is 2. The van der Waals surface area contributed by atoms with Crippen LogP contribution in [0.3, 0.4) is 0 Å². The number of benzene rings is 2. The Balaban J connectivity index is 0.000000421. The van der Waals surface area contributed by atoms with Crippen molar-refractivity contribution in [3.05, 3.63) is 47.5 Å². The standard InChI is InChI=1S/C10H15NO.C9H13NS.C2H6/c1-4-11(3)10-7-9(12)6-5-8(10)2;1-3-11-9-5-4-8(10)6-7(9)2;1-2/h5-7,12H,4H2,1-3H3;4-6H,3,10H2,1-2H3;1-2H3. The van der Waals surface area contributed by atoms with Crippen molar-refractivity contribution in [1.82, 2.24) is 0 Å². The molecule has 0 aromatic heterocycles. The van der Waals surface area contributed by atoms with Crippen LogP contribution < -0.4 is 10.6 Å². The topological polar surface area (TPSA) is 49.5 Å². The molecule has 2 aromatic rings. The van der Waals surface area contributed by atoms with Crippen molar-refractivity contribution in [2.24, 2.45) is 0 Å². The van der Waals surface area contributed by atoms with Gasteiger partial charge in [0, 0.05) is 35.9 Å². The lowest BCUT2D eigenvalue weighted by Gasteiger charge is -2.19. The van der Waals surface area contributed by atoms with Gasteiger partial charge in [0.25, 0.3) is 0 Å². The number of rotatable bonds is 4. The quantitative estimate of drug-likeness (QED) is 0.527. The smallest absolute Gasteiger partial charge is 0.117 e. The Bertz CT molecular complexity index is 629. The summed E-state index contributed by atoms with van der Waals surface area (Å²) in [4.78, 5) is 3.44. The van der Waals surface area contributed by atoms with Crippen LogP contribution in [0.5, 0.6) is 5.75 Å². The number of nitrogen functional groups attached to an aromatic ring is 1.